The molecular weight excluding hydrogens is 232 g/mol. The summed E-state index contributed by atoms with van der Waals surface area (Å²) in [4.78, 5) is 20.4. The number of allylic oxidation sites excluding steroid dienone is 1. The molecule has 1 aliphatic heterocycles. The Morgan fingerprint density at radius 1 is 1.50 bits per heavy atom. The van der Waals surface area contributed by atoms with Crippen molar-refractivity contribution < 1.29 is 14.3 Å². The summed E-state index contributed by atoms with van der Waals surface area (Å²) in [6.07, 6.45) is 5.64. The largest absolute Gasteiger partial charge is 0.490 e. The fourth-order valence-corrected chi connectivity index (χ4v) is 0.805. The van der Waals surface area contributed by atoms with Crippen LogP contribution in [0, 0.1) is 0 Å². The number of hydrogen-bond acceptors (Lipinski definition) is 3. The summed E-state index contributed by atoms with van der Waals surface area (Å²) < 4.78 is 4.85. The first-order chi connectivity index (χ1) is 8.61. The van der Waals surface area contributed by atoms with Gasteiger partial charge in [0.05, 0.1) is 0 Å². The molecule has 5 heteroatoms. The molecular formula is C13H22N2O3. The quantitative estimate of drug-likeness (QED) is 0.592. The Morgan fingerprint density at radius 3 is 2.39 bits per heavy atom. The average molecular weight is 254 g/mol. The number of amides is 2. The van der Waals surface area contributed by atoms with Crippen LogP contribution in [0.3, 0.4) is 0 Å². The molecule has 0 bridgehead atoms. The molecule has 0 saturated heterocycles. The molecule has 1 heterocycles. The highest BCUT2D eigenvalue weighted by Gasteiger charge is 1.97. The third kappa shape index (κ3) is 10.5. The summed E-state index contributed by atoms with van der Waals surface area (Å²) in [5, 5.41) is 4.67. The van der Waals surface area contributed by atoms with Gasteiger partial charge in [0, 0.05) is 18.8 Å². The van der Waals surface area contributed by atoms with Gasteiger partial charge in [0.1, 0.15) is 12.4 Å². The maximum atomic E-state index is 10.7. The van der Waals surface area contributed by atoms with Crippen LogP contribution in [0.15, 0.2) is 36.3 Å². The van der Waals surface area contributed by atoms with E-state index in [1.54, 1.807) is 6.92 Å². The van der Waals surface area contributed by atoms with E-state index in [1.165, 1.54) is 13.2 Å². The maximum Gasteiger partial charge on any atom is 0.248 e. The smallest absolute Gasteiger partial charge is 0.248 e. The standard InChI is InChI=1S/C6H10N2O2.C5H6O.C2H6/c1-5(3-8-4-9)6(10)7-2;1-5-3-2-4-6-5;1-2/h3-4H,1-2H3,(H,7,10)(H,8,9);2-3H,1,4H2;1-2H3/b5-3-;;. The molecule has 1 aliphatic rings. The van der Waals surface area contributed by atoms with Gasteiger partial charge in [-0.3, -0.25) is 9.59 Å². The van der Waals surface area contributed by atoms with Crippen LogP contribution in [0.25, 0.3) is 0 Å². The summed E-state index contributed by atoms with van der Waals surface area (Å²) in [7, 11) is 1.53. The van der Waals surface area contributed by atoms with E-state index in [0.29, 0.717) is 18.6 Å². The molecule has 0 atom stereocenters. The van der Waals surface area contributed by atoms with E-state index in [9.17, 15) is 9.59 Å². The second kappa shape index (κ2) is 13.0. The number of likely N-dealkylation sites (N-methyl/N-ethyl adjacent to an activating group) is 1. The van der Waals surface area contributed by atoms with E-state index in [2.05, 4.69) is 17.2 Å². The number of hydrogen-bond donors (Lipinski definition) is 2. The molecule has 18 heavy (non-hydrogen) atoms. The van der Waals surface area contributed by atoms with Gasteiger partial charge in [-0.15, -0.1) is 0 Å². The Hall–Kier alpha value is -2.04. The van der Waals surface area contributed by atoms with E-state index >= 15 is 0 Å². The second-order valence-electron chi connectivity index (χ2n) is 2.87. The summed E-state index contributed by atoms with van der Waals surface area (Å²) in [6.45, 7) is 9.86. The van der Waals surface area contributed by atoms with Gasteiger partial charge in [0.2, 0.25) is 12.3 Å². The first kappa shape index (κ1) is 18.3. The van der Waals surface area contributed by atoms with Gasteiger partial charge in [0.25, 0.3) is 0 Å². The van der Waals surface area contributed by atoms with E-state index < -0.39 is 0 Å². The number of carbonyl (C=O) groups excluding carboxylic acids is 2. The Bertz CT molecular complexity index is 320. The lowest BCUT2D eigenvalue weighted by Crippen LogP contribution is -2.20. The summed E-state index contributed by atoms with van der Waals surface area (Å²) >= 11 is 0. The lowest BCUT2D eigenvalue weighted by Gasteiger charge is -1.96. The highest BCUT2D eigenvalue weighted by atomic mass is 16.5. The van der Waals surface area contributed by atoms with Crippen molar-refractivity contribution >= 4 is 12.3 Å². The maximum absolute atomic E-state index is 10.7. The van der Waals surface area contributed by atoms with Gasteiger partial charge < -0.3 is 15.4 Å². The van der Waals surface area contributed by atoms with Gasteiger partial charge in [0.15, 0.2) is 0 Å². The minimum absolute atomic E-state index is 0.200. The van der Waals surface area contributed by atoms with Crippen LogP contribution in [0.5, 0.6) is 0 Å². The third-order valence-electron chi connectivity index (χ3n) is 1.62. The molecule has 0 aromatic carbocycles. The van der Waals surface area contributed by atoms with Crippen LogP contribution in [0.2, 0.25) is 0 Å². The van der Waals surface area contributed by atoms with Crippen LogP contribution >= 0.6 is 0 Å². The Kier molecular flexibility index (Phi) is 13.3. The molecule has 102 valence electrons. The summed E-state index contributed by atoms with van der Waals surface area (Å²) in [5.41, 5.74) is 0.467. The molecule has 0 spiro atoms. The third-order valence-corrected chi connectivity index (χ3v) is 1.62. The molecule has 0 aliphatic carbocycles. The molecule has 5 nitrogen and oxygen atoms in total. The zero-order valence-electron chi connectivity index (χ0n) is 11.4. The topological polar surface area (TPSA) is 67.4 Å². The number of nitrogens with one attached hydrogen (secondary N) is 2. The van der Waals surface area contributed by atoms with Crippen molar-refractivity contribution in [1.82, 2.24) is 10.6 Å². The van der Waals surface area contributed by atoms with Crippen molar-refractivity contribution in [2.24, 2.45) is 0 Å². The van der Waals surface area contributed by atoms with Crippen molar-refractivity contribution in [2.45, 2.75) is 20.8 Å². The lowest BCUT2D eigenvalue weighted by molar-refractivity contribution is -0.117. The SMILES string of the molecule is C=C1C=CCO1.CC.CNC(=O)/C(C)=C\NC=O. The minimum Gasteiger partial charge on any atom is -0.490 e. The highest BCUT2D eigenvalue weighted by molar-refractivity contribution is 5.92. The predicted octanol–water partition coefficient (Wildman–Crippen LogP) is 1.49. The number of carbonyl (C=O) groups is 2. The van der Waals surface area contributed by atoms with E-state index in [-0.39, 0.29) is 5.91 Å². The monoisotopic (exact) mass is 254 g/mol. The average Bonchev–Trinajstić information content (AvgIpc) is 2.89. The molecule has 0 aromatic heterocycles. The fraction of sp³-hybridized carbons (Fsp3) is 0.385. The lowest BCUT2D eigenvalue weighted by atomic mass is 10.3. The van der Waals surface area contributed by atoms with Crippen LogP contribution in [0.4, 0.5) is 0 Å². The first-order valence-electron chi connectivity index (χ1n) is 5.68. The van der Waals surface area contributed by atoms with E-state index in [1.807, 2.05) is 26.0 Å². The second-order valence-corrected chi connectivity index (χ2v) is 2.87. The summed E-state index contributed by atoms with van der Waals surface area (Å²) in [6, 6.07) is 0. The predicted molar refractivity (Wildman–Crippen MR) is 72.6 cm³/mol. The van der Waals surface area contributed by atoms with Gasteiger partial charge >= 0.3 is 0 Å². The van der Waals surface area contributed by atoms with Crippen molar-refractivity contribution in [3.8, 4) is 0 Å². The summed E-state index contributed by atoms with van der Waals surface area (Å²) in [5.74, 6) is 0.573. The van der Waals surface area contributed by atoms with E-state index in [0.717, 1.165) is 5.76 Å². The highest BCUT2D eigenvalue weighted by Crippen LogP contribution is 2.01. The molecule has 0 saturated carbocycles. The van der Waals surface area contributed by atoms with Gasteiger partial charge in [-0.05, 0) is 19.1 Å². The Morgan fingerprint density at radius 2 is 2.11 bits per heavy atom. The van der Waals surface area contributed by atoms with Crippen molar-refractivity contribution in [3.63, 3.8) is 0 Å². The molecule has 0 unspecified atom stereocenters. The van der Waals surface area contributed by atoms with Crippen LogP contribution in [-0.4, -0.2) is 26.0 Å². The molecule has 1 rings (SSSR count). The normalized spacial score (nSPS) is 12.2. The van der Waals surface area contributed by atoms with E-state index in [4.69, 9.17) is 4.74 Å². The number of rotatable bonds is 3. The Labute approximate surface area is 109 Å². The van der Waals surface area contributed by atoms with Crippen LogP contribution in [0.1, 0.15) is 20.8 Å². The fourth-order valence-electron chi connectivity index (χ4n) is 0.805. The molecule has 0 radical (unpaired) electrons. The number of ether oxygens (including phenoxy) is 1. The van der Waals surface area contributed by atoms with Crippen LogP contribution in [-0.2, 0) is 14.3 Å². The van der Waals surface area contributed by atoms with Crippen LogP contribution < -0.4 is 10.6 Å². The van der Waals surface area contributed by atoms with Crippen molar-refractivity contribution in [1.29, 1.82) is 0 Å². The molecule has 0 fully saturated rings. The zero-order valence-corrected chi connectivity index (χ0v) is 11.4. The van der Waals surface area contributed by atoms with Crippen molar-refractivity contribution in [3.05, 3.63) is 36.3 Å². The zero-order chi connectivity index (χ0) is 14.4. The first-order valence-corrected chi connectivity index (χ1v) is 5.68. The van der Waals surface area contributed by atoms with Gasteiger partial charge in [-0.2, -0.15) is 0 Å². The molecule has 2 amide bonds. The van der Waals surface area contributed by atoms with Crippen molar-refractivity contribution in [2.75, 3.05) is 13.7 Å². The Balaban J connectivity index is 0. The molecule has 2 N–H and O–H groups in total. The molecule has 0 aromatic rings. The minimum atomic E-state index is -0.200. The van der Waals surface area contributed by atoms with Gasteiger partial charge in [-0.1, -0.05) is 20.4 Å². The van der Waals surface area contributed by atoms with Gasteiger partial charge in [-0.25, -0.2) is 0 Å².